The van der Waals surface area contributed by atoms with Gasteiger partial charge < -0.3 is 30.6 Å². The Labute approximate surface area is 212 Å². The van der Waals surface area contributed by atoms with Crippen LogP contribution in [-0.4, -0.2) is 57.9 Å². The molecule has 0 unspecified atom stereocenters. The topological polar surface area (TPSA) is 156 Å². The van der Waals surface area contributed by atoms with Crippen molar-refractivity contribution < 1.29 is 23.8 Å². The molecule has 4 N–H and O–H groups in total. The lowest BCUT2D eigenvalue weighted by atomic mass is 9.85. The van der Waals surface area contributed by atoms with Gasteiger partial charge in [0.25, 0.3) is 5.91 Å². The first kappa shape index (κ1) is 23.4. The highest BCUT2D eigenvalue weighted by molar-refractivity contribution is 5.99. The molecular formula is C25H27N7O5. The lowest BCUT2D eigenvalue weighted by Crippen LogP contribution is -2.49. The summed E-state index contributed by atoms with van der Waals surface area (Å²) in [6.45, 7) is 1.19. The highest BCUT2D eigenvalue weighted by Gasteiger charge is 2.53. The fraction of sp³-hybridized carbons (Fsp3) is 0.400. The number of nitrogens with one attached hydrogen (secondary N) is 2. The summed E-state index contributed by atoms with van der Waals surface area (Å²) in [6.07, 6.45) is 7.20. The summed E-state index contributed by atoms with van der Waals surface area (Å²) in [5.74, 6) is -0.694. The van der Waals surface area contributed by atoms with Gasteiger partial charge in [0.05, 0.1) is 37.9 Å². The number of nitrogens with two attached hydrogens (primary N) is 1. The zero-order valence-electron chi connectivity index (χ0n) is 20.3. The molecular weight excluding hydrogens is 478 g/mol. The van der Waals surface area contributed by atoms with Gasteiger partial charge in [-0.1, -0.05) is 12.1 Å². The van der Waals surface area contributed by atoms with Gasteiger partial charge in [0.1, 0.15) is 11.8 Å². The normalized spacial score (nSPS) is 19.9. The molecule has 1 saturated heterocycles. The van der Waals surface area contributed by atoms with Crippen LogP contribution in [0.5, 0.6) is 5.75 Å². The Morgan fingerprint density at radius 1 is 1.16 bits per heavy atom. The van der Waals surface area contributed by atoms with Gasteiger partial charge in [-0.25, -0.2) is 0 Å². The summed E-state index contributed by atoms with van der Waals surface area (Å²) in [7, 11) is 1.57. The van der Waals surface area contributed by atoms with Gasteiger partial charge in [-0.15, -0.1) is 10.2 Å². The van der Waals surface area contributed by atoms with Gasteiger partial charge in [-0.05, 0) is 25.3 Å². The van der Waals surface area contributed by atoms with Crippen LogP contribution in [0.25, 0.3) is 11.1 Å². The first-order chi connectivity index (χ1) is 18.0. The summed E-state index contributed by atoms with van der Waals surface area (Å²) in [5, 5.41) is 18.4. The molecule has 2 aliphatic carbocycles. The van der Waals surface area contributed by atoms with Crippen LogP contribution in [0.4, 0.5) is 17.2 Å². The first-order valence-corrected chi connectivity index (χ1v) is 12.2. The van der Waals surface area contributed by atoms with Gasteiger partial charge >= 0.3 is 0 Å². The van der Waals surface area contributed by atoms with E-state index in [4.69, 9.17) is 19.9 Å². The number of ether oxygens (including phenoxy) is 3. The number of hydrogen-bond acceptors (Lipinski definition) is 9. The summed E-state index contributed by atoms with van der Waals surface area (Å²) in [5.41, 5.74) is 7.99. The average Bonchev–Trinajstić information content (AvgIpc) is 3.40. The number of methoxy groups -OCH3 is 1. The van der Waals surface area contributed by atoms with E-state index < -0.39 is 11.7 Å². The van der Waals surface area contributed by atoms with Gasteiger partial charge in [-0.2, -0.15) is 5.10 Å². The van der Waals surface area contributed by atoms with E-state index in [0.717, 1.165) is 36.8 Å². The Balaban J connectivity index is 1.29. The number of carbonyl (C=O) groups is 2. The molecule has 0 bridgehead atoms. The number of rotatable bonds is 8. The molecule has 1 atom stereocenters. The van der Waals surface area contributed by atoms with Crippen LogP contribution in [0.1, 0.15) is 42.2 Å². The molecule has 2 saturated carbocycles. The Bertz CT molecular complexity index is 1360. The van der Waals surface area contributed by atoms with Crippen molar-refractivity contribution in [2.24, 2.45) is 11.7 Å². The van der Waals surface area contributed by atoms with Crippen molar-refractivity contribution in [2.45, 2.75) is 37.5 Å². The molecule has 0 radical (unpaired) electrons. The third-order valence-electron chi connectivity index (χ3n) is 7.00. The van der Waals surface area contributed by atoms with Crippen LogP contribution < -0.4 is 21.1 Å². The van der Waals surface area contributed by atoms with E-state index >= 15 is 0 Å². The molecule has 3 fully saturated rings. The molecule has 2 aromatic heterocycles. The molecule has 37 heavy (non-hydrogen) atoms. The van der Waals surface area contributed by atoms with Crippen LogP contribution >= 0.6 is 0 Å². The number of anilines is 3. The number of primary amides is 1. The maximum absolute atomic E-state index is 12.2. The smallest absolute Gasteiger partial charge is 0.271 e. The number of nitrogens with zero attached hydrogens (tertiary/aromatic N) is 4. The van der Waals surface area contributed by atoms with E-state index in [1.54, 1.807) is 13.3 Å². The summed E-state index contributed by atoms with van der Waals surface area (Å²) >= 11 is 0. The second-order valence-corrected chi connectivity index (χ2v) is 9.40. The Kier molecular flexibility index (Phi) is 5.76. The van der Waals surface area contributed by atoms with Crippen molar-refractivity contribution >= 4 is 29.0 Å². The van der Waals surface area contributed by atoms with Crippen LogP contribution in [0.15, 0.2) is 36.7 Å². The zero-order valence-corrected chi connectivity index (χ0v) is 20.3. The van der Waals surface area contributed by atoms with Crippen LogP contribution in [0, 0.1) is 5.92 Å². The fourth-order valence-electron chi connectivity index (χ4n) is 4.83. The third-order valence-corrected chi connectivity index (χ3v) is 7.00. The van der Waals surface area contributed by atoms with Crippen LogP contribution in [-0.2, 0) is 14.3 Å². The second kappa shape index (κ2) is 9.12. The number of aromatic nitrogens is 4. The van der Waals surface area contributed by atoms with E-state index in [1.807, 2.05) is 29.1 Å². The van der Waals surface area contributed by atoms with E-state index in [-0.39, 0.29) is 29.4 Å². The SMILES string of the molecule is COc1c(Nc2cc(NC(=O)C3CC3)nnc2C(N)=O)cccc1-c1cnn([C@@H]2CCC23OCCO3)c1. The van der Waals surface area contributed by atoms with Crippen molar-refractivity contribution in [1.82, 2.24) is 20.0 Å². The minimum Gasteiger partial charge on any atom is -0.494 e. The number of hydrogen-bond donors (Lipinski definition) is 3. The monoisotopic (exact) mass is 505 g/mol. The van der Waals surface area contributed by atoms with Crippen molar-refractivity contribution in [3.63, 3.8) is 0 Å². The minimum absolute atomic E-state index is 0.00618. The lowest BCUT2D eigenvalue weighted by Gasteiger charge is -2.44. The van der Waals surface area contributed by atoms with Gasteiger partial charge in [-0.3, -0.25) is 14.3 Å². The molecule has 3 aliphatic rings. The molecule has 192 valence electrons. The average molecular weight is 506 g/mol. The number of para-hydroxylation sites is 1. The first-order valence-electron chi connectivity index (χ1n) is 12.2. The predicted octanol–water partition coefficient (Wildman–Crippen LogP) is 2.62. The van der Waals surface area contributed by atoms with Gasteiger partial charge in [0.2, 0.25) is 5.91 Å². The lowest BCUT2D eigenvalue weighted by molar-refractivity contribution is -0.242. The number of amides is 2. The Morgan fingerprint density at radius 2 is 1.97 bits per heavy atom. The summed E-state index contributed by atoms with van der Waals surface area (Å²) in [4.78, 5) is 24.2. The Morgan fingerprint density at radius 3 is 2.65 bits per heavy atom. The molecule has 1 aromatic carbocycles. The van der Waals surface area contributed by atoms with E-state index in [1.165, 1.54) is 6.07 Å². The van der Waals surface area contributed by atoms with E-state index in [2.05, 4.69) is 25.9 Å². The molecule has 1 aliphatic heterocycles. The summed E-state index contributed by atoms with van der Waals surface area (Å²) < 4.78 is 19.4. The highest BCUT2D eigenvalue weighted by atomic mass is 16.7. The second-order valence-electron chi connectivity index (χ2n) is 9.40. The zero-order chi connectivity index (χ0) is 25.6. The minimum atomic E-state index is -0.753. The van der Waals surface area contributed by atoms with Gasteiger partial charge in [0, 0.05) is 35.7 Å². The molecule has 1 spiro atoms. The van der Waals surface area contributed by atoms with Gasteiger partial charge in [0.15, 0.2) is 17.3 Å². The number of benzene rings is 1. The number of carbonyl (C=O) groups excluding carboxylic acids is 2. The van der Waals surface area contributed by atoms with Crippen molar-refractivity contribution in [2.75, 3.05) is 31.0 Å². The highest BCUT2D eigenvalue weighted by Crippen LogP contribution is 2.48. The standard InChI is InChI=1S/C25H27N7O5/c1-35-22-16(15-12-27-32(13-15)19-7-8-25(19)36-9-10-37-25)3-2-4-17(22)28-18-11-20(29-24(34)14-5-6-14)30-31-21(18)23(26)33/h2-4,11-14,19H,5-10H2,1H3,(H2,26,33)(H2,28,29,30,34)/t19-/m1/s1. The van der Waals surface area contributed by atoms with Crippen molar-refractivity contribution in [1.29, 1.82) is 0 Å². The molecule has 12 nitrogen and oxygen atoms in total. The van der Waals surface area contributed by atoms with E-state index in [0.29, 0.717) is 30.3 Å². The predicted molar refractivity (Wildman–Crippen MR) is 132 cm³/mol. The molecule has 2 amide bonds. The van der Waals surface area contributed by atoms with E-state index in [9.17, 15) is 9.59 Å². The largest absolute Gasteiger partial charge is 0.494 e. The fourth-order valence-corrected chi connectivity index (χ4v) is 4.83. The Hall–Kier alpha value is -4.03. The molecule has 12 heteroatoms. The maximum Gasteiger partial charge on any atom is 0.271 e. The molecule has 3 heterocycles. The third kappa shape index (κ3) is 4.27. The van der Waals surface area contributed by atoms with Crippen molar-refractivity contribution in [3.05, 3.63) is 42.4 Å². The van der Waals surface area contributed by atoms with Crippen molar-refractivity contribution in [3.8, 4) is 16.9 Å². The summed E-state index contributed by atoms with van der Waals surface area (Å²) in [6, 6.07) is 7.14. The van der Waals surface area contributed by atoms with Crippen LogP contribution in [0.2, 0.25) is 0 Å². The molecule has 3 aromatic rings. The van der Waals surface area contributed by atoms with Crippen LogP contribution in [0.3, 0.4) is 0 Å². The quantitative estimate of drug-likeness (QED) is 0.419. The molecule has 6 rings (SSSR count). The maximum atomic E-state index is 12.2.